The highest BCUT2D eigenvalue weighted by atomic mass is 79.9. The fraction of sp³-hybridized carbons (Fsp3) is 0.278. The molecule has 0 aliphatic carbocycles. The molecule has 4 nitrogen and oxygen atoms in total. The predicted molar refractivity (Wildman–Crippen MR) is 103 cm³/mol. The molecule has 3 rings (SSSR count). The summed E-state index contributed by atoms with van der Waals surface area (Å²) in [6.45, 7) is 4.05. The van der Waals surface area contributed by atoms with Crippen LogP contribution in [0.15, 0.2) is 48.5 Å². The number of nitrogens with one attached hydrogen (secondary N) is 1. The fourth-order valence-corrected chi connectivity index (χ4v) is 2.97. The van der Waals surface area contributed by atoms with E-state index in [2.05, 4.69) is 19.1 Å². The summed E-state index contributed by atoms with van der Waals surface area (Å²) in [5.74, 6) is 0.679. The van der Waals surface area contributed by atoms with Crippen LogP contribution in [-0.4, -0.2) is 15.7 Å². The number of benzene rings is 2. The van der Waals surface area contributed by atoms with E-state index in [0.717, 1.165) is 24.0 Å². The molecule has 1 N–H and O–H groups in total. The van der Waals surface area contributed by atoms with Gasteiger partial charge in [0.15, 0.2) is 0 Å². The topological polar surface area (TPSA) is 42.9 Å². The van der Waals surface area contributed by atoms with Crippen LogP contribution in [0.25, 0.3) is 11.0 Å². The Morgan fingerprint density at radius 2 is 1.54 bits per heavy atom. The Morgan fingerprint density at radius 1 is 0.958 bits per heavy atom. The van der Waals surface area contributed by atoms with Gasteiger partial charge in [0.25, 0.3) is 0 Å². The quantitative estimate of drug-likeness (QED) is 0.632. The average Bonchev–Trinajstić information content (AvgIpc) is 2.83. The summed E-state index contributed by atoms with van der Waals surface area (Å²) in [5, 5.41) is 9.06. The molecule has 1 aromatic heterocycles. The molecule has 0 spiro atoms. The monoisotopic (exact) mass is 409 g/mol. The second-order valence-corrected chi connectivity index (χ2v) is 5.80. The summed E-state index contributed by atoms with van der Waals surface area (Å²) in [7, 11) is 0. The normalized spacial score (nSPS) is 10.6. The van der Waals surface area contributed by atoms with Crippen molar-refractivity contribution in [3.05, 3.63) is 59.2 Å². The lowest BCUT2D eigenvalue weighted by Crippen LogP contribution is -2.26. The molecule has 0 atom stereocenters. The number of aromatic nitrogens is 2. The summed E-state index contributed by atoms with van der Waals surface area (Å²) >= 11 is 6.10. The van der Waals surface area contributed by atoms with Crippen LogP contribution in [-0.2, 0) is 13.1 Å². The number of hydrogen-bond donors (Lipinski definition) is 1. The number of para-hydroxylation sites is 3. The van der Waals surface area contributed by atoms with Crippen molar-refractivity contribution < 1.29 is 4.74 Å². The van der Waals surface area contributed by atoms with Crippen LogP contribution in [0.5, 0.6) is 5.75 Å². The molecule has 0 radical (unpaired) electrons. The minimum atomic E-state index is 0. The molecule has 0 aliphatic rings. The van der Waals surface area contributed by atoms with Gasteiger partial charge in [-0.2, -0.15) is 0 Å². The van der Waals surface area contributed by atoms with E-state index in [1.165, 1.54) is 0 Å². The first-order valence-corrected chi connectivity index (χ1v) is 8.20. The van der Waals surface area contributed by atoms with E-state index in [-0.39, 0.29) is 17.0 Å². The Labute approximate surface area is 156 Å². The minimum absolute atomic E-state index is 0. The molecule has 0 unspecified atom stereocenters. The third kappa shape index (κ3) is 3.68. The molecular formula is C18H21BrClN3O. The maximum absolute atomic E-state index is 8.45. The molecule has 3 aromatic rings. The maximum Gasteiger partial charge on any atom is 0.203 e. The van der Waals surface area contributed by atoms with Crippen molar-refractivity contribution in [2.75, 3.05) is 6.61 Å². The number of halogens is 2. The van der Waals surface area contributed by atoms with Gasteiger partial charge < -0.3 is 13.9 Å². The van der Waals surface area contributed by atoms with Gasteiger partial charge in [-0.15, -0.1) is 17.0 Å². The van der Waals surface area contributed by atoms with Crippen molar-refractivity contribution in [3.8, 4) is 5.75 Å². The third-order valence-electron chi connectivity index (χ3n) is 3.83. The van der Waals surface area contributed by atoms with Gasteiger partial charge in [-0.3, -0.25) is 5.41 Å². The van der Waals surface area contributed by atoms with Gasteiger partial charge in [-0.25, -0.2) is 0 Å². The molecule has 0 fully saturated rings. The van der Waals surface area contributed by atoms with Crippen LogP contribution in [0, 0.1) is 5.41 Å². The molecule has 0 aliphatic heterocycles. The standard InChI is InChI=1S/C18H20ClN3O.BrH/c1-2-11-21-15-8-4-5-9-16(15)22(18(21)20)12-13-23-17-10-6-3-7-14(17)19;/h3-10,20H,2,11-13H2,1H3;1H. The number of ether oxygens (including phenoxy) is 1. The van der Waals surface area contributed by atoms with E-state index < -0.39 is 0 Å². The molecule has 0 bridgehead atoms. The van der Waals surface area contributed by atoms with Gasteiger partial charge in [0, 0.05) is 6.54 Å². The SMILES string of the molecule is Br.CCCn1c(=N)n(CCOc2ccccc2Cl)c2ccccc21. The predicted octanol–water partition coefficient (Wildman–Crippen LogP) is 4.64. The zero-order valence-electron chi connectivity index (χ0n) is 13.5. The maximum atomic E-state index is 8.45. The lowest BCUT2D eigenvalue weighted by molar-refractivity contribution is 0.296. The van der Waals surface area contributed by atoms with E-state index in [4.69, 9.17) is 21.7 Å². The van der Waals surface area contributed by atoms with Gasteiger partial charge in [0.2, 0.25) is 5.62 Å². The Hall–Kier alpha value is -1.72. The summed E-state index contributed by atoms with van der Waals surface area (Å²) in [6.07, 6.45) is 1.00. The highest BCUT2D eigenvalue weighted by Crippen LogP contribution is 2.23. The second-order valence-electron chi connectivity index (χ2n) is 5.39. The summed E-state index contributed by atoms with van der Waals surface area (Å²) in [6, 6.07) is 15.6. The van der Waals surface area contributed by atoms with E-state index in [0.29, 0.717) is 29.5 Å². The molecule has 1 heterocycles. The molecule has 6 heteroatoms. The number of hydrogen-bond acceptors (Lipinski definition) is 2. The van der Waals surface area contributed by atoms with E-state index in [9.17, 15) is 0 Å². The van der Waals surface area contributed by atoms with Gasteiger partial charge >= 0.3 is 0 Å². The summed E-state index contributed by atoms with van der Waals surface area (Å²) < 4.78 is 9.80. The summed E-state index contributed by atoms with van der Waals surface area (Å²) in [5.41, 5.74) is 2.67. The van der Waals surface area contributed by atoms with Crippen LogP contribution in [0.4, 0.5) is 0 Å². The fourth-order valence-electron chi connectivity index (χ4n) is 2.78. The van der Waals surface area contributed by atoms with Crippen LogP contribution >= 0.6 is 28.6 Å². The highest BCUT2D eigenvalue weighted by molar-refractivity contribution is 8.93. The van der Waals surface area contributed by atoms with Gasteiger partial charge in [-0.1, -0.05) is 42.8 Å². The van der Waals surface area contributed by atoms with Crippen LogP contribution in [0.2, 0.25) is 5.02 Å². The molecule has 128 valence electrons. The molecule has 2 aromatic carbocycles. The lowest BCUT2D eigenvalue weighted by atomic mass is 10.3. The van der Waals surface area contributed by atoms with Crippen molar-refractivity contribution in [1.82, 2.24) is 9.13 Å². The first-order chi connectivity index (χ1) is 11.2. The number of rotatable bonds is 6. The van der Waals surface area contributed by atoms with Crippen molar-refractivity contribution >= 4 is 39.6 Å². The molecule has 0 saturated carbocycles. The molecule has 0 saturated heterocycles. The number of imidazole rings is 1. The number of nitrogens with zero attached hydrogens (tertiary/aromatic N) is 2. The molecule has 0 amide bonds. The Morgan fingerprint density at radius 3 is 2.17 bits per heavy atom. The Bertz CT molecular complexity index is 872. The minimum Gasteiger partial charge on any atom is -0.490 e. The van der Waals surface area contributed by atoms with Crippen molar-refractivity contribution in [2.24, 2.45) is 0 Å². The van der Waals surface area contributed by atoms with E-state index in [1.807, 2.05) is 45.5 Å². The molecule has 24 heavy (non-hydrogen) atoms. The largest absolute Gasteiger partial charge is 0.490 e. The van der Waals surface area contributed by atoms with Gasteiger partial charge in [-0.05, 0) is 30.7 Å². The Kier molecular flexibility index (Phi) is 6.52. The average molecular weight is 411 g/mol. The van der Waals surface area contributed by atoms with Gasteiger partial charge in [0.1, 0.15) is 12.4 Å². The van der Waals surface area contributed by atoms with Gasteiger partial charge in [0.05, 0.1) is 22.6 Å². The zero-order valence-corrected chi connectivity index (χ0v) is 16.0. The van der Waals surface area contributed by atoms with Crippen LogP contribution in [0.3, 0.4) is 0 Å². The third-order valence-corrected chi connectivity index (χ3v) is 4.14. The first kappa shape index (κ1) is 18.6. The molecular weight excluding hydrogens is 390 g/mol. The lowest BCUT2D eigenvalue weighted by Gasteiger charge is -2.09. The van der Waals surface area contributed by atoms with Crippen molar-refractivity contribution in [1.29, 1.82) is 5.41 Å². The first-order valence-electron chi connectivity index (χ1n) is 7.82. The summed E-state index contributed by atoms with van der Waals surface area (Å²) in [4.78, 5) is 0. The second kappa shape index (κ2) is 8.40. The smallest absolute Gasteiger partial charge is 0.203 e. The van der Waals surface area contributed by atoms with Crippen LogP contribution < -0.4 is 10.4 Å². The van der Waals surface area contributed by atoms with Crippen LogP contribution in [0.1, 0.15) is 13.3 Å². The van der Waals surface area contributed by atoms with E-state index >= 15 is 0 Å². The highest BCUT2D eigenvalue weighted by Gasteiger charge is 2.10. The zero-order chi connectivity index (χ0) is 16.2. The van der Waals surface area contributed by atoms with Crippen molar-refractivity contribution in [3.63, 3.8) is 0 Å². The number of aryl methyl sites for hydroxylation is 1. The van der Waals surface area contributed by atoms with E-state index in [1.54, 1.807) is 0 Å². The Balaban J connectivity index is 0.00000208. The van der Waals surface area contributed by atoms with Crippen molar-refractivity contribution in [2.45, 2.75) is 26.4 Å². The number of fused-ring (bicyclic) bond motifs is 1.